The Morgan fingerprint density at radius 3 is 2.67 bits per heavy atom. The largest absolute Gasteiger partial charge is 0.467 e. The molecule has 0 radical (unpaired) electrons. The van der Waals surface area contributed by atoms with Gasteiger partial charge in [0.25, 0.3) is 5.69 Å². The van der Waals surface area contributed by atoms with E-state index in [2.05, 4.69) is 10.6 Å². The number of nitrogens with zero attached hydrogens (tertiary/aromatic N) is 1. The molecule has 8 heteroatoms. The third-order valence-electron chi connectivity index (χ3n) is 3.47. The quantitative estimate of drug-likeness (QED) is 0.499. The van der Waals surface area contributed by atoms with Gasteiger partial charge in [-0.3, -0.25) is 10.1 Å². The van der Waals surface area contributed by atoms with Crippen molar-refractivity contribution in [3.05, 3.63) is 34.4 Å². The van der Waals surface area contributed by atoms with Crippen LogP contribution in [0.3, 0.4) is 0 Å². The van der Waals surface area contributed by atoms with Crippen molar-refractivity contribution in [3.8, 4) is 0 Å². The van der Waals surface area contributed by atoms with E-state index in [1.807, 2.05) is 0 Å². The fraction of sp³-hybridized carbons (Fsp3) is 0.462. The van der Waals surface area contributed by atoms with Crippen LogP contribution in [0, 0.1) is 10.1 Å². The fourth-order valence-electron chi connectivity index (χ4n) is 2.40. The van der Waals surface area contributed by atoms with Crippen LogP contribution in [0.15, 0.2) is 24.3 Å². The van der Waals surface area contributed by atoms with Gasteiger partial charge in [0.2, 0.25) is 0 Å². The molecule has 2 rings (SSSR count). The Bertz CT molecular complexity index is 518. The highest BCUT2D eigenvalue weighted by Gasteiger charge is 2.40. The van der Waals surface area contributed by atoms with E-state index in [-0.39, 0.29) is 24.1 Å². The van der Waals surface area contributed by atoms with E-state index < -0.39 is 10.5 Å². The molecule has 1 aliphatic heterocycles. The number of esters is 1. The lowest BCUT2D eigenvalue weighted by molar-refractivity contribution is -0.384. The first kappa shape index (κ1) is 17.2. The molecule has 0 atom stereocenters. The standard InChI is InChI=1S/C13H17N3O4.ClH/c1-20-12(17)13(5-7-14-8-6-13)15-10-3-2-4-11(9-10)16(18)19;/h2-4,9,14-15H,5-8H2,1H3;1H. The molecular formula is C13H18ClN3O4. The number of nitrogens with one attached hydrogen (secondary N) is 2. The van der Waals surface area contributed by atoms with Gasteiger partial charge in [0, 0.05) is 17.8 Å². The van der Waals surface area contributed by atoms with Gasteiger partial charge in [-0.05, 0) is 32.0 Å². The molecule has 1 fully saturated rings. The van der Waals surface area contributed by atoms with Gasteiger partial charge in [0.15, 0.2) is 0 Å². The number of methoxy groups -OCH3 is 1. The van der Waals surface area contributed by atoms with Crippen LogP contribution < -0.4 is 10.6 Å². The van der Waals surface area contributed by atoms with Crippen LogP contribution >= 0.6 is 12.4 Å². The number of halogens is 1. The van der Waals surface area contributed by atoms with Crippen LogP contribution in [0.5, 0.6) is 0 Å². The highest BCUT2D eigenvalue weighted by molar-refractivity contribution is 5.85. The summed E-state index contributed by atoms with van der Waals surface area (Å²) in [6, 6.07) is 6.14. The van der Waals surface area contributed by atoms with E-state index in [4.69, 9.17) is 4.74 Å². The number of carbonyl (C=O) groups is 1. The number of nitro benzene ring substituents is 1. The second kappa shape index (κ2) is 7.24. The van der Waals surface area contributed by atoms with Crippen molar-refractivity contribution >= 4 is 29.8 Å². The van der Waals surface area contributed by atoms with Gasteiger partial charge in [0.1, 0.15) is 5.54 Å². The second-order valence-electron chi connectivity index (χ2n) is 4.76. The molecule has 1 aromatic carbocycles. The van der Waals surface area contributed by atoms with Crippen LogP contribution in [0.2, 0.25) is 0 Å². The van der Waals surface area contributed by atoms with Crippen LogP contribution in [0.25, 0.3) is 0 Å². The highest BCUT2D eigenvalue weighted by Crippen LogP contribution is 2.27. The molecule has 0 bridgehead atoms. The van der Waals surface area contributed by atoms with Gasteiger partial charge in [0.05, 0.1) is 12.0 Å². The zero-order valence-electron chi connectivity index (χ0n) is 11.6. The lowest BCUT2D eigenvalue weighted by atomic mass is 9.88. The summed E-state index contributed by atoms with van der Waals surface area (Å²) in [5, 5.41) is 17.1. The monoisotopic (exact) mass is 315 g/mol. The molecule has 116 valence electrons. The molecule has 2 N–H and O–H groups in total. The molecule has 0 amide bonds. The van der Waals surface area contributed by atoms with Gasteiger partial charge >= 0.3 is 5.97 Å². The summed E-state index contributed by atoms with van der Waals surface area (Å²) in [6.45, 7) is 1.38. The van der Waals surface area contributed by atoms with Crippen molar-refractivity contribution in [2.75, 3.05) is 25.5 Å². The van der Waals surface area contributed by atoms with E-state index >= 15 is 0 Å². The Morgan fingerprint density at radius 2 is 2.10 bits per heavy atom. The maximum atomic E-state index is 12.1. The minimum Gasteiger partial charge on any atom is -0.467 e. The number of carbonyl (C=O) groups excluding carboxylic acids is 1. The number of non-ortho nitro benzene ring substituents is 1. The summed E-state index contributed by atoms with van der Waals surface area (Å²) >= 11 is 0. The predicted octanol–water partition coefficient (Wildman–Crippen LogP) is 1.72. The molecule has 0 saturated carbocycles. The fourth-order valence-corrected chi connectivity index (χ4v) is 2.40. The third kappa shape index (κ3) is 3.83. The van der Waals surface area contributed by atoms with Gasteiger partial charge in [-0.1, -0.05) is 6.07 Å². The van der Waals surface area contributed by atoms with Crippen molar-refractivity contribution in [1.29, 1.82) is 0 Å². The van der Waals surface area contributed by atoms with Crippen molar-refractivity contribution in [2.24, 2.45) is 0 Å². The third-order valence-corrected chi connectivity index (χ3v) is 3.47. The van der Waals surface area contributed by atoms with E-state index in [0.717, 1.165) is 0 Å². The number of ether oxygens (including phenoxy) is 1. The normalized spacial score (nSPS) is 16.4. The lowest BCUT2D eigenvalue weighted by Crippen LogP contribution is -2.54. The molecular weight excluding hydrogens is 298 g/mol. The highest BCUT2D eigenvalue weighted by atomic mass is 35.5. The maximum absolute atomic E-state index is 12.1. The summed E-state index contributed by atoms with van der Waals surface area (Å²) in [6.07, 6.45) is 1.14. The minimum absolute atomic E-state index is 0. The number of nitro groups is 1. The molecule has 21 heavy (non-hydrogen) atoms. The first-order valence-corrected chi connectivity index (χ1v) is 6.39. The summed E-state index contributed by atoms with van der Waals surface area (Å²) in [4.78, 5) is 22.4. The topological polar surface area (TPSA) is 93.5 Å². The van der Waals surface area contributed by atoms with Crippen LogP contribution in [0.1, 0.15) is 12.8 Å². The molecule has 0 aromatic heterocycles. The van der Waals surface area contributed by atoms with E-state index in [1.54, 1.807) is 12.1 Å². The Balaban J connectivity index is 0.00000220. The minimum atomic E-state index is -0.824. The molecule has 7 nitrogen and oxygen atoms in total. The van der Waals surface area contributed by atoms with E-state index in [9.17, 15) is 14.9 Å². The first-order valence-electron chi connectivity index (χ1n) is 6.39. The molecule has 1 saturated heterocycles. The van der Waals surface area contributed by atoms with E-state index in [0.29, 0.717) is 31.6 Å². The van der Waals surface area contributed by atoms with Crippen LogP contribution in [-0.4, -0.2) is 36.6 Å². The number of rotatable bonds is 4. The Morgan fingerprint density at radius 1 is 1.43 bits per heavy atom. The Kier molecular flexibility index (Phi) is 5.92. The van der Waals surface area contributed by atoms with Crippen molar-refractivity contribution in [3.63, 3.8) is 0 Å². The van der Waals surface area contributed by atoms with Crippen molar-refractivity contribution in [2.45, 2.75) is 18.4 Å². The maximum Gasteiger partial charge on any atom is 0.331 e. The smallest absolute Gasteiger partial charge is 0.331 e. The zero-order valence-corrected chi connectivity index (χ0v) is 12.4. The summed E-state index contributed by atoms with van der Waals surface area (Å²) in [5.41, 5.74) is -0.287. The number of hydrogen-bond acceptors (Lipinski definition) is 6. The average molecular weight is 316 g/mol. The molecule has 0 unspecified atom stereocenters. The van der Waals surface area contributed by atoms with Gasteiger partial charge in [-0.15, -0.1) is 12.4 Å². The van der Waals surface area contributed by atoms with Gasteiger partial charge in [-0.25, -0.2) is 4.79 Å². The number of hydrogen-bond donors (Lipinski definition) is 2. The second-order valence-corrected chi connectivity index (χ2v) is 4.76. The van der Waals surface area contributed by atoms with E-state index in [1.165, 1.54) is 19.2 Å². The first-order chi connectivity index (χ1) is 9.57. The molecule has 1 aromatic rings. The van der Waals surface area contributed by atoms with Crippen LogP contribution in [-0.2, 0) is 9.53 Å². The zero-order chi connectivity index (χ0) is 14.6. The number of benzene rings is 1. The SMILES string of the molecule is COC(=O)C1(Nc2cccc([N+](=O)[O-])c2)CCNCC1.Cl. The summed E-state index contributed by atoms with van der Waals surface area (Å²) in [7, 11) is 1.35. The average Bonchev–Trinajstić information content (AvgIpc) is 2.47. The molecule has 0 aliphatic carbocycles. The predicted molar refractivity (Wildman–Crippen MR) is 80.8 cm³/mol. The van der Waals surface area contributed by atoms with Gasteiger partial charge in [-0.2, -0.15) is 0 Å². The summed E-state index contributed by atoms with van der Waals surface area (Å²) < 4.78 is 4.88. The number of anilines is 1. The Hall–Kier alpha value is -1.86. The molecule has 1 heterocycles. The lowest BCUT2D eigenvalue weighted by Gasteiger charge is -2.36. The van der Waals surface area contributed by atoms with Gasteiger partial charge < -0.3 is 15.4 Å². The molecule has 1 aliphatic rings. The Labute approximate surface area is 128 Å². The number of piperidine rings is 1. The van der Waals surface area contributed by atoms with Crippen molar-refractivity contribution in [1.82, 2.24) is 5.32 Å². The van der Waals surface area contributed by atoms with Crippen molar-refractivity contribution < 1.29 is 14.5 Å². The van der Waals surface area contributed by atoms with Crippen LogP contribution in [0.4, 0.5) is 11.4 Å². The molecule has 0 spiro atoms. The summed E-state index contributed by atoms with van der Waals surface area (Å²) in [5.74, 6) is -0.342.